The largest absolute Gasteiger partial charge is 0.369 e. The molecule has 0 saturated heterocycles. The highest BCUT2D eigenvalue weighted by atomic mass is 16.2. The van der Waals surface area contributed by atoms with Crippen molar-refractivity contribution in [3.63, 3.8) is 0 Å². The number of nitrogen functional groups attached to an aromatic ring is 2. The summed E-state index contributed by atoms with van der Waals surface area (Å²) in [6.45, 7) is 5.41. The van der Waals surface area contributed by atoms with E-state index in [-0.39, 0.29) is 11.8 Å². The number of anilines is 4. The Morgan fingerprint density at radius 3 is 1.30 bits per heavy atom. The number of carbonyl (C=O) groups is 2. The number of hydrogen-bond acceptors (Lipinski definition) is 8. The Bertz CT molecular complexity index is 1780. The molecule has 0 spiro atoms. The van der Waals surface area contributed by atoms with E-state index in [4.69, 9.17) is 11.5 Å². The molecule has 0 saturated carbocycles. The van der Waals surface area contributed by atoms with Crippen molar-refractivity contribution in [1.82, 2.24) is 19.1 Å². The van der Waals surface area contributed by atoms with E-state index in [2.05, 4.69) is 30.6 Å². The zero-order chi connectivity index (χ0) is 31.1. The fraction of sp³-hybridized carbons (Fsp3) is 0.125. The summed E-state index contributed by atoms with van der Waals surface area (Å²) in [7, 11) is 0. The zero-order valence-electron chi connectivity index (χ0n) is 24.3. The molecule has 2 heterocycles. The average molecular weight is 589 g/mol. The van der Waals surface area contributed by atoms with Crippen LogP contribution in [0.15, 0.2) is 107 Å². The number of nitrogens with two attached hydrogens (primary N) is 2. The first kappa shape index (κ1) is 29.5. The molecule has 0 fully saturated rings. The molecule has 12 nitrogen and oxygen atoms in total. The van der Waals surface area contributed by atoms with Crippen LogP contribution in [0.5, 0.6) is 0 Å². The Kier molecular flexibility index (Phi) is 8.90. The molecule has 0 unspecified atom stereocenters. The summed E-state index contributed by atoms with van der Waals surface area (Å²) in [6.07, 6.45) is 3.67. The minimum Gasteiger partial charge on any atom is -0.369 e. The number of nitrogens with zero attached hydrogens (tertiary/aromatic N) is 6. The zero-order valence-corrected chi connectivity index (χ0v) is 24.3. The van der Waals surface area contributed by atoms with Gasteiger partial charge in [-0.15, -0.1) is 0 Å². The van der Waals surface area contributed by atoms with Gasteiger partial charge in [0, 0.05) is 48.0 Å². The summed E-state index contributed by atoms with van der Waals surface area (Å²) in [4.78, 5) is 43.1. The molecule has 5 aromatic rings. The normalized spacial score (nSPS) is 11.8. The Labute approximate surface area is 253 Å². The van der Waals surface area contributed by atoms with Crippen LogP contribution in [0.3, 0.4) is 0 Å². The Hall–Kier alpha value is -6.04. The SMILES string of the molecule is CCn1ccc(=Nc2ccc(NC(=O)c3ccc(C(=O)Nc4ccc(N=c5ccn(CC)c(N)n5)cc4)cc3)cc2)nc1N. The molecule has 44 heavy (non-hydrogen) atoms. The van der Waals surface area contributed by atoms with E-state index in [9.17, 15) is 9.59 Å². The molecule has 0 aliphatic rings. The first-order valence-corrected chi connectivity index (χ1v) is 14.0. The minimum atomic E-state index is -0.304. The van der Waals surface area contributed by atoms with Crippen LogP contribution in [0.4, 0.5) is 34.6 Å². The number of aryl methyl sites for hydroxylation is 2. The van der Waals surface area contributed by atoms with Crippen LogP contribution in [-0.4, -0.2) is 30.9 Å². The number of amides is 2. The summed E-state index contributed by atoms with van der Waals surface area (Å²) in [6, 6.07) is 24.1. The summed E-state index contributed by atoms with van der Waals surface area (Å²) in [5.41, 5.74) is 16.2. The lowest BCUT2D eigenvalue weighted by atomic mass is 10.1. The highest BCUT2D eigenvalue weighted by molar-refractivity contribution is 6.07. The van der Waals surface area contributed by atoms with Crippen LogP contribution in [0, 0.1) is 0 Å². The Morgan fingerprint density at radius 1 is 0.614 bits per heavy atom. The molecular formula is C32H32N10O2. The van der Waals surface area contributed by atoms with Crippen LogP contribution in [0.1, 0.15) is 34.6 Å². The monoisotopic (exact) mass is 588 g/mol. The van der Waals surface area contributed by atoms with Gasteiger partial charge in [0.05, 0.1) is 11.4 Å². The van der Waals surface area contributed by atoms with Gasteiger partial charge in [-0.1, -0.05) is 0 Å². The third-order valence-electron chi connectivity index (χ3n) is 6.68. The lowest BCUT2D eigenvalue weighted by molar-refractivity contribution is 0.101. The van der Waals surface area contributed by atoms with Crippen molar-refractivity contribution in [2.45, 2.75) is 26.9 Å². The van der Waals surface area contributed by atoms with Gasteiger partial charge in [0.15, 0.2) is 11.0 Å². The lowest BCUT2D eigenvalue weighted by Gasteiger charge is -2.08. The number of benzene rings is 3. The van der Waals surface area contributed by atoms with Gasteiger partial charge < -0.3 is 31.2 Å². The maximum Gasteiger partial charge on any atom is 0.255 e. The molecule has 0 aliphatic heterocycles. The van der Waals surface area contributed by atoms with Gasteiger partial charge in [0.25, 0.3) is 11.8 Å². The van der Waals surface area contributed by atoms with Crippen LogP contribution in [-0.2, 0) is 13.1 Å². The molecular weight excluding hydrogens is 556 g/mol. The fourth-order valence-electron chi connectivity index (χ4n) is 4.25. The molecule has 5 rings (SSSR count). The van der Waals surface area contributed by atoms with Crippen molar-refractivity contribution in [1.29, 1.82) is 0 Å². The van der Waals surface area contributed by atoms with E-state index in [1.165, 1.54) is 0 Å². The third kappa shape index (κ3) is 7.23. The predicted molar refractivity (Wildman–Crippen MR) is 170 cm³/mol. The second-order valence-corrected chi connectivity index (χ2v) is 9.66. The Morgan fingerprint density at radius 2 is 0.977 bits per heavy atom. The molecule has 222 valence electrons. The van der Waals surface area contributed by atoms with Gasteiger partial charge >= 0.3 is 0 Å². The van der Waals surface area contributed by atoms with Crippen LogP contribution in [0.2, 0.25) is 0 Å². The number of carbonyl (C=O) groups excluding carboxylic acids is 2. The topological polar surface area (TPSA) is 171 Å². The second-order valence-electron chi connectivity index (χ2n) is 9.66. The van der Waals surface area contributed by atoms with E-state index < -0.39 is 0 Å². The van der Waals surface area contributed by atoms with Crippen molar-refractivity contribution < 1.29 is 9.59 Å². The van der Waals surface area contributed by atoms with E-state index in [1.807, 2.05) is 35.4 Å². The molecule has 0 aliphatic carbocycles. The first-order chi connectivity index (χ1) is 21.3. The van der Waals surface area contributed by atoms with E-state index >= 15 is 0 Å². The van der Waals surface area contributed by atoms with Gasteiger partial charge in [0.1, 0.15) is 0 Å². The number of aromatic nitrogens is 4. The molecule has 12 heteroatoms. The third-order valence-corrected chi connectivity index (χ3v) is 6.68. The number of nitrogens with one attached hydrogen (secondary N) is 2. The minimum absolute atomic E-state index is 0.304. The molecule has 2 amide bonds. The molecule has 0 radical (unpaired) electrons. The lowest BCUT2D eigenvalue weighted by Crippen LogP contribution is -2.16. The van der Waals surface area contributed by atoms with Crippen LogP contribution < -0.4 is 33.1 Å². The van der Waals surface area contributed by atoms with Crippen LogP contribution >= 0.6 is 0 Å². The molecule has 3 aromatic carbocycles. The molecule has 6 N–H and O–H groups in total. The first-order valence-electron chi connectivity index (χ1n) is 14.0. The molecule has 0 atom stereocenters. The van der Waals surface area contributed by atoms with Gasteiger partial charge in [-0.2, -0.15) is 9.97 Å². The fourth-order valence-corrected chi connectivity index (χ4v) is 4.25. The van der Waals surface area contributed by atoms with Gasteiger partial charge in [-0.3, -0.25) is 9.59 Å². The highest BCUT2D eigenvalue weighted by Gasteiger charge is 2.10. The van der Waals surface area contributed by atoms with Crippen molar-refractivity contribution in [2.24, 2.45) is 9.98 Å². The maximum atomic E-state index is 12.8. The van der Waals surface area contributed by atoms with Gasteiger partial charge in [-0.25, -0.2) is 9.98 Å². The van der Waals surface area contributed by atoms with Gasteiger partial charge in [0.2, 0.25) is 11.9 Å². The predicted octanol–water partition coefficient (Wildman–Crippen LogP) is 4.25. The maximum absolute atomic E-state index is 12.8. The summed E-state index contributed by atoms with van der Waals surface area (Å²) in [5.74, 6) is 0.170. The van der Waals surface area contributed by atoms with Crippen molar-refractivity contribution >= 4 is 46.5 Å². The van der Waals surface area contributed by atoms with Crippen molar-refractivity contribution in [3.8, 4) is 0 Å². The smallest absolute Gasteiger partial charge is 0.255 e. The standard InChI is InChI=1S/C32H32N10O2/c1-3-41-19-17-27(39-31(41)33)35-23-9-13-25(14-10-23)37-29(43)21-5-7-22(8-6-21)30(44)38-26-15-11-24(12-16-26)36-28-18-20-42(4-2)32(34)40-28/h5-20H,3-4H2,1-2H3,(H,37,43)(H,38,44)(H2,33,35,39)(H2,34,36,40). The molecule has 2 aromatic heterocycles. The number of hydrogen-bond donors (Lipinski definition) is 4. The Balaban J connectivity index is 1.17. The summed E-state index contributed by atoms with van der Waals surface area (Å²) in [5, 5.41) is 5.70. The van der Waals surface area contributed by atoms with Crippen molar-refractivity contribution in [2.75, 3.05) is 22.1 Å². The number of rotatable bonds is 8. The highest BCUT2D eigenvalue weighted by Crippen LogP contribution is 2.19. The van der Waals surface area contributed by atoms with Crippen LogP contribution in [0.25, 0.3) is 0 Å². The van der Waals surface area contributed by atoms with Crippen molar-refractivity contribution in [3.05, 3.63) is 119 Å². The quantitative estimate of drug-likeness (QED) is 0.211. The van der Waals surface area contributed by atoms with E-state index in [0.717, 1.165) is 13.1 Å². The summed E-state index contributed by atoms with van der Waals surface area (Å²) < 4.78 is 3.63. The van der Waals surface area contributed by atoms with Gasteiger partial charge in [-0.05, 0) is 98.8 Å². The second kappa shape index (κ2) is 13.3. The molecule has 0 bridgehead atoms. The van der Waals surface area contributed by atoms with E-state index in [1.54, 1.807) is 84.9 Å². The average Bonchev–Trinajstić information content (AvgIpc) is 3.03. The summed E-state index contributed by atoms with van der Waals surface area (Å²) >= 11 is 0. The van der Waals surface area contributed by atoms with E-state index in [0.29, 0.717) is 56.7 Å².